The zero-order chi connectivity index (χ0) is 12.5. The first kappa shape index (κ1) is 12.0. The highest BCUT2D eigenvalue weighted by Crippen LogP contribution is 2.29. The molecule has 3 rings (SSSR count). The number of hydrogen-bond donors (Lipinski definition) is 0. The Hall–Kier alpha value is -1.05. The van der Waals surface area contributed by atoms with Crippen LogP contribution in [0.15, 0.2) is 23.8 Å². The first-order valence-corrected chi connectivity index (χ1v) is 7.51. The van der Waals surface area contributed by atoms with Crippen molar-refractivity contribution in [3.8, 4) is 0 Å². The Labute approximate surface area is 111 Å². The van der Waals surface area contributed by atoms with Gasteiger partial charge in [0.2, 0.25) is 0 Å². The molecule has 18 heavy (non-hydrogen) atoms. The molecule has 1 unspecified atom stereocenters. The van der Waals surface area contributed by atoms with Crippen molar-refractivity contribution < 1.29 is 4.68 Å². The third-order valence-electron chi connectivity index (χ3n) is 4.52. The van der Waals surface area contributed by atoms with Crippen molar-refractivity contribution in [2.45, 2.75) is 58.0 Å². The lowest BCUT2D eigenvalue weighted by atomic mass is 9.97. The van der Waals surface area contributed by atoms with Crippen LogP contribution in [0.3, 0.4) is 0 Å². The minimum Gasteiger partial charge on any atom is -0.178 e. The molecule has 0 aromatic heterocycles. The van der Waals surface area contributed by atoms with Gasteiger partial charge in [0.15, 0.2) is 12.3 Å². The Bertz CT molecular complexity index is 397. The van der Waals surface area contributed by atoms with Crippen LogP contribution in [0.25, 0.3) is 0 Å². The molecule has 0 N–H and O–H groups in total. The SMILES string of the molecule is CC(C)[N+]1=CC2=CC=CC(C2)N1CC1CCCC1. The second-order valence-corrected chi connectivity index (χ2v) is 6.27. The lowest BCUT2D eigenvalue weighted by Gasteiger charge is -2.35. The Kier molecular flexibility index (Phi) is 3.27. The molecule has 0 saturated heterocycles. The van der Waals surface area contributed by atoms with E-state index in [1.807, 2.05) is 0 Å². The molecular formula is C16H25N2+. The smallest absolute Gasteiger partial charge is 0.178 e. The Morgan fingerprint density at radius 1 is 1.33 bits per heavy atom. The van der Waals surface area contributed by atoms with Gasteiger partial charge in [-0.05, 0) is 32.6 Å². The average molecular weight is 245 g/mol. The van der Waals surface area contributed by atoms with Crippen molar-refractivity contribution in [1.29, 1.82) is 0 Å². The summed E-state index contributed by atoms with van der Waals surface area (Å²) < 4.78 is 2.47. The molecule has 2 bridgehead atoms. The molecule has 1 atom stereocenters. The third-order valence-corrected chi connectivity index (χ3v) is 4.52. The van der Waals surface area contributed by atoms with Gasteiger partial charge in [0, 0.05) is 12.0 Å². The second kappa shape index (κ2) is 4.91. The van der Waals surface area contributed by atoms with Gasteiger partial charge < -0.3 is 0 Å². The molecule has 0 radical (unpaired) electrons. The molecule has 3 aliphatic rings. The molecular weight excluding hydrogens is 220 g/mol. The van der Waals surface area contributed by atoms with Crippen LogP contribution in [0.1, 0.15) is 46.0 Å². The van der Waals surface area contributed by atoms with Gasteiger partial charge in [0.1, 0.15) is 6.04 Å². The van der Waals surface area contributed by atoms with Gasteiger partial charge >= 0.3 is 0 Å². The number of hydrogen-bond acceptors (Lipinski definition) is 1. The fourth-order valence-corrected chi connectivity index (χ4v) is 3.53. The highest BCUT2D eigenvalue weighted by Gasteiger charge is 2.35. The molecule has 2 nitrogen and oxygen atoms in total. The number of hydrazine groups is 1. The molecule has 0 aromatic carbocycles. The van der Waals surface area contributed by atoms with Crippen molar-refractivity contribution >= 4 is 6.21 Å². The van der Waals surface area contributed by atoms with Crippen LogP contribution in [0.2, 0.25) is 0 Å². The second-order valence-electron chi connectivity index (χ2n) is 6.27. The summed E-state index contributed by atoms with van der Waals surface area (Å²) in [5.74, 6) is 0.917. The maximum atomic E-state index is 2.62. The van der Waals surface area contributed by atoms with Gasteiger partial charge in [0.25, 0.3) is 0 Å². The first-order chi connectivity index (χ1) is 8.74. The molecule has 1 fully saturated rings. The molecule has 1 aliphatic heterocycles. The van der Waals surface area contributed by atoms with Gasteiger partial charge in [0.05, 0.1) is 6.54 Å². The summed E-state index contributed by atoms with van der Waals surface area (Å²) in [5, 5.41) is 2.62. The van der Waals surface area contributed by atoms with Crippen LogP contribution in [0.4, 0.5) is 0 Å². The van der Waals surface area contributed by atoms with Gasteiger partial charge in [-0.15, -0.1) is 4.68 Å². The van der Waals surface area contributed by atoms with Crippen molar-refractivity contribution in [2.24, 2.45) is 5.92 Å². The van der Waals surface area contributed by atoms with E-state index < -0.39 is 0 Å². The van der Waals surface area contributed by atoms with Crippen molar-refractivity contribution in [3.63, 3.8) is 0 Å². The van der Waals surface area contributed by atoms with Gasteiger partial charge in [-0.2, -0.15) is 5.01 Å². The minimum absolute atomic E-state index is 0.559. The van der Waals surface area contributed by atoms with E-state index in [4.69, 9.17) is 0 Å². The number of nitrogens with zero attached hydrogens (tertiary/aromatic N) is 2. The quantitative estimate of drug-likeness (QED) is 0.692. The Morgan fingerprint density at radius 2 is 2.11 bits per heavy atom. The standard InChI is InChI=1S/C16H25N2/c1-13(2)17-12-15-8-5-9-16(10-15)18(17)11-14-6-3-4-7-14/h5,8-9,12-14,16H,3-4,6-7,10-11H2,1-2H3/q+1. The van der Waals surface area contributed by atoms with E-state index in [2.05, 4.69) is 48.0 Å². The molecule has 2 heteroatoms. The molecule has 1 heterocycles. The predicted octanol–water partition coefficient (Wildman–Crippen LogP) is 3.15. The molecule has 98 valence electrons. The van der Waals surface area contributed by atoms with Crippen LogP contribution < -0.4 is 0 Å². The van der Waals surface area contributed by atoms with E-state index in [1.54, 1.807) is 0 Å². The minimum atomic E-state index is 0.559. The van der Waals surface area contributed by atoms with Crippen LogP contribution >= 0.6 is 0 Å². The number of hydrazone groups is 1. The van der Waals surface area contributed by atoms with E-state index in [9.17, 15) is 0 Å². The summed E-state index contributed by atoms with van der Waals surface area (Å²) in [6.07, 6.45) is 16.2. The van der Waals surface area contributed by atoms with Gasteiger partial charge in [-0.3, -0.25) is 0 Å². The zero-order valence-corrected chi connectivity index (χ0v) is 11.7. The molecule has 2 aliphatic carbocycles. The predicted molar refractivity (Wildman–Crippen MR) is 75.8 cm³/mol. The van der Waals surface area contributed by atoms with Gasteiger partial charge in [-0.1, -0.05) is 31.1 Å². The number of rotatable bonds is 3. The summed E-state index contributed by atoms with van der Waals surface area (Å²) >= 11 is 0. The molecule has 0 spiro atoms. The zero-order valence-electron chi connectivity index (χ0n) is 11.7. The fraction of sp³-hybridized carbons (Fsp3) is 0.688. The Morgan fingerprint density at radius 3 is 2.83 bits per heavy atom. The van der Waals surface area contributed by atoms with E-state index in [0.717, 1.165) is 5.92 Å². The van der Waals surface area contributed by atoms with Gasteiger partial charge in [-0.25, -0.2) is 0 Å². The maximum Gasteiger partial charge on any atom is 0.197 e. The normalized spacial score (nSPS) is 27.7. The van der Waals surface area contributed by atoms with E-state index in [-0.39, 0.29) is 0 Å². The highest BCUT2D eigenvalue weighted by molar-refractivity contribution is 5.76. The largest absolute Gasteiger partial charge is 0.197 e. The molecule has 0 amide bonds. The van der Waals surface area contributed by atoms with Crippen LogP contribution in [0, 0.1) is 5.92 Å². The summed E-state index contributed by atoms with van der Waals surface area (Å²) in [5.41, 5.74) is 1.49. The number of allylic oxidation sites excluding steroid dienone is 2. The van der Waals surface area contributed by atoms with Crippen molar-refractivity contribution in [2.75, 3.05) is 6.54 Å². The monoisotopic (exact) mass is 245 g/mol. The van der Waals surface area contributed by atoms with Crippen LogP contribution in [0.5, 0.6) is 0 Å². The van der Waals surface area contributed by atoms with Crippen LogP contribution in [-0.4, -0.2) is 34.5 Å². The third kappa shape index (κ3) is 2.25. The van der Waals surface area contributed by atoms with E-state index in [1.165, 1.54) is 44.2 Å². The average Bonchev–Trinajstić information content (AvgIpc) is 2.85. The topological polar surface area (TPSA) is 6.25 Å². The first-order valence-electron chi connectivity index (χ1n) is 7.51. The van der Waals surface area contributed by atoms with Crippen LogP contribution in [-0.2, 0) is 0 Å². The van der Waals surface area contributed by atoms with Crippen molar-refractivity contribution in [1.82, 2.24) is 5.01 Å². The van der Waals surface area contributed by atoms with E-state index in [0.29, 0.717) is 12.1 Å². The maximum absolute atomic E-state index is 2.62. The lowest BCUT2D eigenvalue weighted by Crippen LogP contribution is -2.51. The Balaban J connectivity index is 1.82. The van der Waals surface area contributed by atoms with E-state index >= 15 is 0 Å². The summed E-state index contributed by atoms with van der Waals surface area (Å²) in [7, 11) is 0. The summed E-state index contributed by atoms with van der Waals surface area (Å²) in [6, 6.07) is 1.15. The van der Waals surface area contributed by atoms with Crippen molar-refractivity contribution in [3.05, 3.63) is 23.8 Å². The lowest BCUT2D eigenvalue weighted by molar-refractivity contribution is -0.718. The summed E-state index contributed by atoms with van der Waals surface area (Å²) in [4.78, 5) is 0. The summed E-state index contributed by atoms with van der Waals surface area (Å²) in [6.45, 7) is 5.84. The highest BCUT2D eigenvalue weighted by atomic mass is 15.6. The fourth-order valence-electron chi connectivity index (χ4n) is 3.53. The molecule has 0 aromatic rings. The number of fused-ring (bicyclic) bond motifs is 2. The molecule has 1 saturated carbocycles.